The molecule has 0 saturated carbocycles. The van der Waals surface area contributed by atoms with Crippen molar-refractivity contribution < 1.29 is 0 Å². The van der Waals surface area contributed by atoms with Crippen molar-refractivity contribution in [3.63, 3.8) is 0 Å². The molecule has 3 N–H and O–H groups in total. The molecule has 0 saturated heterocycles. The van der Waals surface area contributed by atoms with Crippen molar-refractivity contribution in [2.75, 3.05) is 11.9 Å². The average Bonchev–Trinajstić information content (AvgIpc) is 2.22. The molecule has 0 bridgehead atoms. The molecule has 1 aromatic heterocycles. The fourth-order valence-corrected chi connectivity index (χ4v) is 1.39. The minimum atomic E-state index is -0.0530. The summed E-state index contributed by atoms with van der Waals surface area (Å²) in [5, 5.41) is 3.81. The van der Waals surface area contributed by atoms with Crippen LogP contribution in [0.3, 0.4) is 0 Å². The first-order chi connectivity index (χ1) is 7.09. The Morgan fingerprint density at radius 1 is 1.47 bits per heavy atom. The molecule has 0 radical (unpaired) electrons. The van der Waals surface area contributed by atoms with Gasteiger partial charge in [-0.3, -0.25) is 0 Å². The zero-order valence-electron chi connectivity index (χ0n) is 9.13. The highest BCUT2D eigenvalue weighted by molar-refractivity contribution is 6.30. The summed E-state index contributed by atoms with van der Waals surface area (Å²) in [6.45, 7) is 4.86. The van der Waals surface area contributed by atoms with Gasteiger partial charge in [-0.25, -0.2) is 9.97 Å². The molecule has 0 aliphatic rings. The number of anilines is 1. The van der Waals surface area contributed by atoms with E-state index >= 15 is 0 Å². The van der Waals surface area contributed by atoms with Crippen LogP contribution >= 0.6 is 11.6 Å². The lowest BCUT2D eigenvalue weighted by atomic mass is 9.95. The highest BCUT2D eigenvalue weighted by Crippen LogP contribution is 2.19. The highest BCUT2D eigenvalue weighted by Gasteiger charge is 2.21. The standard InChI is InChI=1S/C10H17ClN4/c1-3-10(2,4-5-12)15-9-13-6-8(11)7-14-9/h6-7H,3-5,12H2,1-2H3,(H,13,14,15). The Morgan fingerprint density at radius 3 is 2.53 bits per heavy atom. The molecule has 0 amide bonds. The molecule has 0 aliphatic heterocycles. The molecule has 4 nitrogen and oxygen atoms in total. The molecule has 1 unspecified atom stereocenters. The van der Waals surface area contributed by atoms with Crippen LogP contribution in [0.4, 0.5) is 5.95 Å². The molecule has 1 atom stereocenters. The van der Waals surface area contributed by atoms with E-state index in [-0.39, 0.29) is 5.54 Å². The largest absolute Gasteiger partial charge is 0.349 e. The molecule has 0 fully saturated rings. The fourth-order valence-electron chi connectivity index (χ4n) is 1.29. The third-order valence-electron chi connectivity index (χ3n) is 2.51. The molecule has 15 heavy (non-hydrogen) atoms. The molecule has 1 rings (SSSR count). The third-order valence-corrected chi connectivity index (χ3v) is 2.71. The van der Waals surface area contributed by atoms with Crippen LogP contribution in [0.2, 0.25) is 5.02 Å². The first-order valence-electron chi connectivity index (χ1n) is 5.05. The maximum atomic E-state index is 5.71. The van der Waals surface area contributed by atoms with Gasteiger partial charge in [0.25, 0.3) is 0 Å². The van der Waals surface area contributed by atoms with Crippen LogP contribution in [0, 0.1) is 0 Å². The second-order valence-corrected chi connectivity index (χ2v) is 4.24. The van der Waals surface area contributed by atoms with Crippen molar-refractivity contribution in [1.82, 2.24) is 9.97 Å². The maximum absolute atomic E-state index is 5.71. The first kappa shape index (κ1) is 12.2. The predicted molar refractivity (Wildman–Crippen MR) is 63.0 cm³/mol. The Balaban J connectivity index is 2.70. The van der Waals surface area contributed by atoms with Crippen LogP contribution in [-0.4, -0.2) is 22.1 Å². The number of nitrogens with one attached hydrogen (secondary N) is 1. The van der Waals surface area contributed by atoms with Gasteiger partial charge in [0.05, 0.1) is 17.4 Å². The van der Waals surface area contributed by atoms with Gasteiger partial charge in [-0.1, -0.05) is 18.5 Å². The van der Waals surface area contributed by atoms with Crippen molar-refractivity contribution in [2.45, 2.75) is 32.2 Å². The molecule has 1 heterocycles. The lowest BCUT2D eigenvalue weighted by Crippen LogP contribution is -2.37. The molecule has 84 valence electrons. The molecule has 0 aliphatic carbocycles. The Hall–Kier alpha value is -0.870. The van der Waals surface area contributed by atoms with E-state index in [1.54, 1.807) is 12.4 Å². The average molecular weight is 229 g/mol. The molecule has 1 aromatic rings. The summed E-state index contributed by atoms with van der Waals surface area (Å²) in [4.78, 5) is 8.20. The van der Waals surface area contributed by atoms with Crippen LogP contribution in [0.25, 0.3) is 0 Å². The number of halogens is 1. The van der Waals surface area contributed by atoms with Gasteiger partial charge in [-0.2, -0.15) is 0 Å². The van der Waals surface area contributed by atoms with Crippen molar-refractivity contribution in [3.8, 4) is 0 Å². The monoisotopic (exact) mass is 228 g/mol. The molecular formula is C10H17ClN4. The lowest BCUT2D eigenvalue weighted by molar-refractivity contribution is 0.460. The van der Waals surface area contributed by atoms with Gasteiger partial charge in [0.1, 0.15) is 0 Å². The Morgan fingerprint density at radius 2 is 2.07 bits per heavy atom. The van der Waals surface area contributed by atoms with E-state index in [2.05, 4.69) is 29.1 Å². The molecular weight excluding hydrogens is 212 g/mol. The van der Waals surface area contributed by atoms with Crippen LogP contribution in [0.5, 0.6) is 0 Å². The van der Waals surface area contributed by atoms with Crippen molar-refractivity contribution in [1.29, 1.82) is 0 Å². The van der Waals surface area contributed by atoms with E-state index in [0.29, 0.717) is 17.5 Å². The normalized spacial score (nSPS) is 14.7. The minimum Gasteiger partial charge on any atom is -0.349 e. The number of rotatable bonds is 5. The second kappa shape index (κ2) is 5.28. The summed E-state index contributed by atoms with van der Waals surface area (Å²) in [6, 6.07) is 0. The van der Waals surface area contributed by atoms with Crippen molar-refractivity contribution in [2.24, 2.45) is 5.73 Å². The van der Waals surface area contributed by atoms with E-state index < -0.39 is 0 Å². The number of hydrogen-bond acceptors (Lipinski definition) is 4. The number of nitrogens with zero attached hydrogens (tertiary/aromatic N) is 2. The fraction of sp³-hybridized carbons (Fsp3) is 0.600. The second-order valence-electron chi connectivity index (χ2n) is 3.80. The topological polar surface area (TPSA) is 63.8 Å². The van der Waals surface area contributed by atoms with Crippen LogP contribution < -0.4 is 11.1 Å². The molecule has 0 aromatic carbocycles. The lowest BCUT2D eigenvalue weighted by Gasteiger charge is -2.29. The van der Waals surface area contributed by atoms with E-state index in [1.165, 1.54) is 0 Å². The summed E-state index contributed by atoms with van der Waals surface area (Å²) < 4.78 is 0. The highest BCUT2D eigenvalue weighted by atomic mass is 35.5. The van der Waals surface area contributed by atoms with Gasteiger partial charge >= 0.3 is 0 Å². The van der Waals surface area contributed by atoms with Gasteiger partial charge in [0, 0.05) is 5.54 Å². The quantitative estimate of drug-likeness (QED) is 0.810. The Kier molecular flexibility index (Phi) is 4.29. The van der Waals surface area contributed by atoms with Gasteiger partial charge in [0.2, 0.25) is 5.95 Å². The smallest absolute Gasteiger partial charge is 0.223 e. The number of nitrogens with two attached hydrogens (primary N) is 1. The first-order valence-corrected chi connectivity index (χ1v) is 5.43. The van der Waals surface area contributed by atoms with Crippen molar-refractivity contribution >= 4 is 17.5 Å². The van der Waals surface area contributed by atoms with Gasteiger partial charge in [0.15, 0.2) is 0 Å². The summed E-state index contributed by atoms with van der Waals surface area (Å²) in [5.74, 6) is 0.595. The predicted octanol–water partition coefficient (Wildman–Crippen LogP) is 2.06. The Labute approximate surface area is 95.3 Å². The van der Waals surface area contributed by atoms with E-state index in [0.717, 1.165) is 12.8 Å². The Bertz CT molecular complexity index is 301. The SMILES string of the molecule is CCC(C)(CCN)Nc1ncc(Cl)cn1. The maximum Gasteiger partial charge on any atom is 0.223 e. The van der Waals surface area contributed by atoms with Gasteiger partial charge in [-0.15, -0.1) is 0 Å². The summed E-state index contributed by atoms with van der Waals surface area (Å²) in [6.07, 6.45) is 5.01. The van der Waals surface area contributed by atoms with Gasteiger partial charge < -0.3 is 11.1 Å². The zero-order valence-corrected chi connectivity index (χ0v) is 9.88. The summed E-state index contributed by atoms with van der Waals surface area (Å²) >= 11 is 5.71. The number of aromatic nitrogens is 2. The van der Waals surface area contributed by atoms with E-state index in [4.69, 9.17) is 17.3 Å². The summed E-state index contributed by atoms with van der Waals surface area (Å²) in [5.41, 5.74) is 5.51. The van der Waals surface area contributed by atoms with Crippen LogP contribution in [-0.2, 0) is 0 Å². The minimum absolute atomic E-state index is 0.0530. The summed E-state index contributed by atoms with van der Waals surface area (Å²) in [7, 11) is 0. The number of hydrogen-bond donors (Lipinski definition) is 2. The molecule has 0 spiro atoms. The van der Waals surface area contributed by atoms with Crippen LogP contribution in [0.15, 0.2) is 12.4 Å². The molecule has 5 heteroatoms. The van der Waals surface area contributed by atoms with Crippen LogP contribution in [0.1, 0.15) is 26.7 Å². The van der Waals surface area contributed by atoms with E-state index in [9.17, 15) is 0 Å². The van der Waals surface area contributed by atoms with Crippen molar-refractivity contribution in [3.05, 3.63) is 17.4 Å². The third kappa shape index (κ3) is 3.64. The van der Waals surface area contributed by atoms with E-state index in [1.807, 2.05) is 0 Å². The van der Waals surface area contributed by atoms with Gasteiger partial charge in [-0.05, 0) is 26.3 Å². The zero-order chi connectivity index (χ0) is 11.3.